The van der Waals surface area contributed by atoms with E-state index < -0.39 is 0 Å². The van der Waals surface area contributed by atoms with Crippen LogP contribution < -0.4 is 5.32 Å². The maximum Gasteiger partial charge on any atom is 0.261 e. The zero-order valence-corrected chi connectivity index (χ0v) is 16.3. The summed E-state index contributed by atoms with van der Waals surface area (Å²) >= 11 is 1.58. The van der Waals surface area contributed by atoms with Gasteiger partial charge in [0.1, 0.15) is 0 Å². The van der Waals surface area contributed by atoms with E-state index in [1.807, 2.05) is 41.3 Å². The Morgan fingerprint density at radius 3 is 2.67 bits per heavy atom. The summed E-state index contributed by atoms with van der Waals surface area (Å²) in [6, 6.07) is 11.9. The molecule has 0 atom stereocenters. The summed E-state index contributed by atoms with van der Waals surface area (Å²) in [6.07, 6.45) is 2.44. The topological polar surface area (TPSA) is 58.6 Å². The number of nitrogens with one attached hydrogen (secondary N) is 1. The second-order valence-electron chi connectivity index (χ2n) is 7.21. The fourth-order valence-electron chi connectivity index (χ4n) is 3.99. The smallest absolute Gasteiger partial charge is 0.261 e. The van der Waals surface area contributed by atoms with Gasteiger partial charge < -0.3 is 15.0 Å². The lowest BCUT2D eigenvalue weighted by molar-refractivity contribution is -0.138. The number of hydrogen-bond acceptors (Lipinski definition) is 4. The van der Waals surface area contributed by atoms with E-state index in [-0.39, 0.29) is 17.4 Å². The lowest BCUT2D eigenvalue weighted by Crippen LogP contribution is -2.47. The van der Waals surface area contributed by atoms with Gasteiger partial charge in [0.2, 0.25) is 5.91 Å². The Labute approximate surface area is 163 Å². The second-order valence-corrected chi connectivity index (χ2v) is 8.35. The van der Waals surface area contributed by atoms with Gasteiger partial charge >= 0.3 is 0 Å². The van der Waals surface area contributed by atoms with Crippen molar-refractivity contribution in [3.8, 4) is 0 Å². The molecule has 2 aromatic rings. The highest BCUT2D eigenvalue weighted by molar-refractivity contribution is 7.14. The minimum Gasteiger partial charge on any atom is -0.370 e. The van der Waals surface area contributed by atoms with Gasteiger partial charge in [-0.25, -0.2) is 0 Å². The van der Waals surface area contributed by atoms with Gasteiger partial charge in [-0.2, -0.15) is 0 Å². The third-order valence-corrected chi connectivity index (χ3v) is 6.74. The molecule has 1 N–H and O–H groups in total. The number of carbonyl (C=O) groups is 2. The van der Waals surface area contributed by atoms with Gasteiger partial charge in [-0.1, -0.05) is 30.3 Å². The highest BCUT2D eigenvalue weighted by atomic mass is 32.1. The number of amides is 2. The fraction of sp³-hybridized carbons (Fsp3) is 0.429. The molecular weight excluding hydrogens is 360 g/mol. The van der Waals surface area contributed by atoms with Gasteiger partial charge in [0, 0.05) is 37.9 Å². The summed E-state index contributed by atoms with van der Waals surface area (Å²) in [5.74, 6) is 0.0850. The van der Waals surface area contributed by atoms with Gasteiger partial charge in [-0.05, 0) is 30.0 Å². The van der Waals surface area contributed by atoms with Crippen LogP contribution in [0, 0.1) is 0 Å². The molecule has 27 heavy (non-hydrogen) atoms. The van der Waals surface area contributed by atoms with Crippen LogP contribution in [0.5, 0.6) is 0 Å². The molecular formula is C21H24N2O3S. The third-order valence-electron chi connectivity index (χ3n) is 5.54. The molecule has 4 rings (SSSR count). The number of carbonyl (C=O) groups excluding carboxylic acids is 2. The quantitative estimate of drug-likeness (QED) is 0.885. The summed E-state index contributed by atoms with van der Waals surface area (Å²) in [5.41, 5.74) is 1.91. The molecule has 2 aliphatic heterocycles. The minimum absolute atomic E-state index is 0.0328. The lowest BCUT2D eigenvalue weighted by atomic mass is 9.82. The molecule has 0 radical (unpaired) electrons. The van der Waals surface area contributed by atoms with Crippen molar-refractivity contribution in [1.29, 1.82) is 0 Å². The van der Waals surface area contributed by atoms with Gasteiger partial charge in [-0.3, -0.25) is 9.59 Å². The van der Waals surface area contributed by atoms with Crippen LogP contribution in [0.2, 0.25) is 0 Å². The first-order chi connectivity index (χ1) is 13.1. The van der Waals surface area contributed by atoms with E-state index in [0.29, 0.717) is 26.2 Å². The average Bonchev–Trinajstić information content (AvgIpc) is 3.13. The van der Waals surface area contributed by atoms with Crippen molar-refractivity contribution in [2.24, 2.45) is 0 Å². The van der Waals surface area contributed by atoms with Crippen LogP contribution in [0.25, 0.3) is 0 Å². The van der Waals surface area contributed by atoms with E-state index in [1.54, 1.807) is 18.3 Å². The molecule has 142 valence electrons. The highest BCUT2D eigenvalue weighted by Gasteiger charge is 2.42. The summed E-state index contributed by atoms with van der Waals surface area (Å²) in [5, 5.41) is 3.02. The maximum absolute atomic E-state index is 12.7. The van der Waals surface area contributed by atoms with Gasteiger partial charge in [0.05, 0.1) is 17.1 Å². The van der Waals surface area contributed by atoms with Crippen molar-refractivity contribution in [1.82, 2.24) is 10.2 Å². The average molecular weight is 385 g/mol. The molecule has 1 spiro atoms. The van der Waals surface area contributed by atoms with Crippen molar-refractivity contribution >= 4 is 23.2 Å². The van der Waals surface area contributed by atoms with Crippen LogP contribution in [-0.2, 0) is 28.1 Å². The Bertz CT molecular complexity index is 838. The van der Waals surface area contributed by atoms with Crippen molar-refractivity contribution in [3.63, 3.8) is 0 Å². The number of ether oxygens (including phenoxy) is 1. The molecule has 0 aliphatic carbocycles. The van der Waals surface area contributed by atoms with Crippen molar-refractivity contribution < 1.29 is 14.3 Å². The molecule has 6 heteroatoms. The Kier molecular flexibility index (Phi) is 5.02. The summed E-state index contributed by atoms with van der Waals surface area (Å²) < 4.78 is 6.22. The van der Waals surface area contributed by atoms with Crippen molar-refractivity contribution in [3.05, 3.63) is 57.3 Å². The third kappa shape index (κ3) is 3.64. The molecule has 1 aromatic heterocycles. The van der Waals surface area contributed by atoms with Crippen molar-refractivity contribution in [2.45, 2.75) is 38.3 Å². The summed E-state index contributed by atoms with van der Waals surface area (Å²) in [4.78, 5) is 28.2. The summed E-state index contributed by atoms with van der Waals surface area (Å²) in [6.45, 7) is 4.24. The number of benzene rings is 1. The number of thiophene rings is 1. The number of hydrogen-bond donors (Lipinski definition) is 1. The molecule has 0 saturated carbocycles. The molecule has 2 aliphatic rings. The van der Waals surface area contributed by atoms with Gasteiger partial charge in [0.15, 0.2) is 0 Å². The molecule has 1 saturated heterocycles. The second kappa shape index (κ2) is 7.44. The predicted molar refractivity (Wildman–Crippen MR) is 105 cm³/mol. The van der Waals surface area contributed by atoms with Crippen molar-refractivity contribution in [2.75, 3.05) is 19.7 Å². The number of fused-ring (bicyclic) bond motifs is 2. The van der Waals surface area contributed by atoms with E-state index in [0.717, 1.165) is 35.3 Å². The Hall–Kier alpha value is -2.18. The molecule has 2 amide bonds. The number of nitrogens with zero attached hydrogens (tertiary/aromatic N) is 1. The van der Waals surface area contributed by atoms with Crippen LogP contribution in [0.1, 0.15) is 45.4 Å². The van der Waals surface area contributed by atoms with E-state index in [4.69, 9.17) is 4.74 Å². The van der Waals surface area contributed by atoms with Crippen LogP contribution in [0.3, 0.4) is 0 Å². The van der Waals surface area contributed by atoms with Crippen LogP contribution in [0.15, 0.2) is 36.4 Å². The fourth-order valence-corrected chi connectivity index (χ4v) is 5.14. The first kappa shape index (κ1) is 18.2. The van der Waals surface area contributed by atoms with Crippen LogP contribution in [0.4, 0.5) is 0 Å². The monoisotopic (exact) mass is 384 g/mol. The molecule has 3 heterocycles. The molecule has 1 fully saturated rings. The van der Waals surface area contributed by atoms with Gasteiger partial charge in [0.25, 0.3) is 5.91 Å². The lowest BCUT2D eigenvalue weighted by Gasteiger charge is -2.43. The standard InChI is InChI=1S/C21H24N2O3S/c1-15(24)23-10-8-21(9-11-23)17-13-19(27-18(17)7-12-26-21)20(25)22-14-16-5-3-2-4-6-16/h2-6,13H,7-12,14H2,1H3,(H,22,25). The number of piperidine rings is 1. The molecule has 0 unspecified atom stereocenters. The minimum atomic E-state index is -0.339. The maximum atomic E-state index is 12.7. The first-order valence-electron chi connectivity index (χ1n) is 9.42. The Morgan fingerprint density at radius 2 is 1.96 bits per heavy atom. The van der Waals surface area contributed by atoms with Crippen LogP contribution in [-0.4, -0.2) is 36.4 Å². The van der Waals surface area contributed by atoms with E-state index in [2.05, 4.69) is 5.32 Å². The molecule has 5 nitrogen and oxygen atoms in total. The summed E-state index contributed by atoms with van der Waals surface area (Å²) in [7, 11) is 0. The van der Waals surface area contributed by atoms with Gasteiger partial charge in [-0.15, -0.1) is 11.3 Å². The predicted octanol–water partition coefficient (Wildman–Crippen LogP) is 3.09. The first-order valence-corrected chi connectivity index (χ1v) is 10.2. The van der Waals surface area contributed by atoms with E-state index in [1.165, 1.54) is 4.88 Å². The van der Waals surface area contributed by atoms with E-state index >= 15 is 0 Å². The SMILES string of the molecule is CC(=O)N1CCC2(CC1)OCCc1sc(C(=O)NCc3ccccc3)cc12. The number of rotatable bonds is 3. The largest absolute Gasteiger partial charge is 0.370 e. The molecule has 1 aromatic carbocycles. The zero-order chi connectivity index (χ0) is 18.9. The highest BCUT2D eigenvalue weighted by Crippen LogP contribution is 2.44. The Morgan fingerprint density at radius 1 is 1.22 bits per heavy atom. The van der Waals surface area contributed by atoms with Crippen LogP contribution >= 0.6 is 11.3 Å². The normalized spacial score (nSPS) is 18.2. The Balaban J connectivity index is 1.49. The molecule has 0 bridgehead atoms. The number of likely N-dealkylation sites (tertiary alicyclic amines) is 1. The van der Waals surface area contributed by atoms with E-state index in [9.17, 15) is 9.59 Å². The zero-order valence-electron chi connectivity index (χ0n) is 15.5.